The quantitative estimate of drug-likeness (QED) is 0.437. The Bertz CT molecular complexity index is 995. The van der Waals surface area contributed by atoms with Gasteiger partial charge in [0.05, 0.1) is 15.8 Å². The third-order valence-electron chi connectivity index (χ3n) is 5.42. The number of nitrogens with zero attached hydrogens (tertiary/aromatic N) is 3. The lowest BCUT2D eigenvalue weighted by Gasteiger charge is -2.25. The Hall–Kier alpha value is -1.89. The summed E-state index contributed by atoms with van der Waals surface area (Å²) < 4.78 is 1.13. The molecule has 0 fully saturated rings. The molecule has 0 saturated carbocycles. The minimum absolute atomic E-state index is 0.0236. The van der Waals surface area contributed by atoms with Crippen LogP contribution < -0.4 is 4.90 Å². The van der Waals surface area contributed by atoms with Crippen molar-refractivity contribution in [3.05, 3.63) is 53.1 Å². The third-order valence-corrected chi connectivity index (χ3v) is 7.26. The molecule has 29 heavy (non-hydrogen) atoms. The number of thiazole rings is 1. The van der Waals surface area contributed by atoms with E-state index >= 15 is 0 Å². The third kappa shape index (κ3) is 4.65. The summed E-state index contributed by atoms with van der Waals surface area (Å²) in [6, 6.07) is 12.1. The Kier molecular flexibility index (Phi) is 7.33. The van der Waals surface area contributed by atoms with Crippen molar-refractivity contribution in [3.8, 4) is 0 Å². The van der Waals surface area contributed by atoms with Gasteiger partial charge in [-0.25, -0.2) is 4.98 Å². The monoisotopic (exact) mass is 427 g/mol. The molecule has 0 bridgehead atoms. The number of amides is 1. The number of carbonyl (C=O) groups excluding carboxylic acids is 1. The summed E-state index contributed by atoms with van der Waals surface area (Å²) in [5, 5.41) is 0.779. The van der Waals surface area contributed by atoms with Crippen molar-refractivity contribution >= 4 is 44.4 Å². The fraction of sp³-hybridized carbons (Fsp3) is 0.391. The molecule has 154 valence electrons. The van der Waals surface area contributed by atoms with Crippen molar-refractivity contribution in [3.63, 3.8) is 0 Å². The van der Waals surface area contributed by atoms with E-state index in [4.69, 9.17) is 4.98 Å². The highest BCUT2D eigenvalue weighted by molar-refractivity contribution is 7.98. The summed E-state index contributed by atoms with van der Waals surface area (Å²) in [5.41, 5.74) is 4.16. The highest BCUT2D eigenvalue weighted by atomic mass is 32.2. The number of thioether (sulfide) groups is 1. The van der Waals surface area contributed by atoms with Gasteiger partial charge in [-0.2, -0.15) is 0 Å². The van der Waals surface area contributed by atoms with Crippen LogP contribution in [-0.2, 0) is 0 Å². The number of fused-ring (bicyclic) bond motifs is 1. The first-order chi connectivity index (χ1) is 14.0. The Balaban J connectivity index is 2.03. The SMILES string of the molecule is CCN(CC)CCN(C(=O)c1ccccc1SC)c1nc2c(C)c(C)ccc2s1. The van der Waals surface area contributed by atoms with Crippen molar-refractivity contribution in [1.29, 1.82) is 0 Å². The standard InChI is InChI=1S/C23H29N3OS2/c1-6-25(7-2)14-15-26(22(27)18-10-8-9-11-19(18)28-5)23-24-21-17(4)16(3)12-13-20(21)29-23/h8-13H,6-7,14-15H2,1-5H3. The molecule has 0 aliphatic rings. The van der Waals surface area contributed by atoms with Gasteiger partial charge in [-0.15, -0.1) is 11.8 Å². The van der Waals surface area contributed by atoms with E-state index < -0.39 is 0 Å². The molecule has 0 aliphatic carbocycles. The van der Waals surface area contributed by atoms with Gasteiger partial charge in [0, 0.05) is 18.0 Å². The Morgan fingerprint density at radius 2 is 1.79 bits per heavy atom. The van der Waals surface area contributed by atoms with Gasteiger partial charge < -0.3 is 4.90 Å². The minimum Gasteiger partial charge on any atom is -0.302 e. The van der Waals surface area contributed by atoms with Gasteiger partial charge in [-0.1, -0.05) is 43.4 Å². The van der Waals surface area contributed by atoms with E-state index in [1.54, 1.807) is 23.1 Å². The molecule has 0 N–H and O–H groups in total. The number of carbonyl (C=O) groups is 1. The van der Waals surface area contributed by atoms with Crippen LogP contribution in [-0.4, -0.2) is 48.2 Å². The van der Waals surface area contributed by atoms with Crippen LogP contribution in [0.25, 0.3) is 10.2 Å². The zero-order valence-corrected chi connectivity index (χ0v) is 19.5. The molecule has 1 heterocycles. The van der Waals surface area contributed by atoms with Gasteiger partial charge in [0.25, 0.3) is 5.91 Å². The number of hydrogen-bond donors (Lipinski definition) is 0. The van der Waals surface area contributed by atoms with Crippen LogP contribution in [0.15, 0.2) is 41.3 Å². The normalized spacial score (nSPS) is 11.4. The topological polar surface area (TPSA) is 36.4 Å². The van der Waals surface area contributed by atoms with Crippen molar-refractivity contribution < 1.29 is 4.79 Å². The first-order valence-electron chi connectivity index (χ1n) is 10.0. The van der Waals surface area contributed by atoms with Gasteiger partial charge in [-0.05, 0) is 62.5 Å². The van der Waals surface area contributed by atoms with Crippen LogP contribution in [0.5, 0.6) is 0 Å². The van der Waals surface area contributed by atoms with E-state index in [2.05, 4.69) is 44.7 Å². The van der Waals surface area contributed by atoms with Crippen LogP contribution in [0.4, 0.5) is 5.13 Å². The Morgan fingerprint density at radius 3 is 2.48 bits per heavy atom. The summed E-state index contributed by atoms with van der Waals surface area (Å²) in [7, 11) is 0. The van der Waals surface area contributed by atoms with Gasteiger partial charge in [0.2, 0.25) is 0 Å². The number of rotatable bonds is 8. The molecule has 0 saturated heterocycles. The average Bonchev–Trinajstić information content (AvgIpc) is 3.18. The number of aryl methyl sites for hydroxylation is 2. The summed E-state index contributed by atoms with van der Waals surface area (Å²) >= 11 is 3.20. The molecule has 1 aromatic heterocycles. The molecular weight excluding hydrogens is 398 g/mol. The maximum Gasteiger partial charge on any atom is 0.261 e. The zero-order chi connectivity index (χ0) is 21.0. The molecule has 0 unspecified atom stereocenters. The Labute approximate surface area is 181 Å². The van der Waals surface area contributed by atoms with Crippen LogP contribution >= 0.6 is 23.1 Å². The number of hydrogen-bond acceptors (Lipinski definition) is 5. The van der Waals surface area contributed by atoms with Crippen molar-refractivity contribution in [2.45, 2.75) is 32.6 Å². The van der Waals surface area contributed by atoms with Crippen molar-refractivity contribution in [2.75, 3.05) is 37.3 Å². The molecule has 3 rings (SSSR count). The van der Waals surface area contributed by atoms with E-state index in [0.29, 0.717) is 6.54 Å². The molecule has 3 aromatic rings. The van der Waals surface area contributed by atoms with Gasteiger partial charge in [-0.3, -0.25) is 9.69 Å². The van der Waals surface area contributed by atoms with Crippen molar-refractivity contribution in [1.82, 2.24) is 9.88 Å². The summed E-state index contributed by atoms with van der Waals surface area (Å²) in [5.74, 6) is 0.0236. The maximum atomic E-state index is 13.6. The average molecular weight is 428 g/mol. The molecule has 4 nitrogen and oxygen atoms in total. The minimum atomic E-state index is 0.0236. The maximum absolute atomic E-state index is 13.6. The fourth-order valence-corrected chi connectivity index (χ4v) is 5.00. The van der Waals surface area contributed by atoms with E-state index in [0.717, 1.165) is 45.4 Å². The van der Waals surface area contributed by atoms with E-state index in [9.17, 15) is 4.79 Å². The number of likely N-dealkylation sites (N-methyl/N-ethyl adjacent to an activating group) is 1. The van der Waals surface area contributed by atoms with Gasteiger partial charge in [0.15, 0.2) is 5.13 Å². The lowest BCUT2D eigenvalue weighted by atomic mass is 10.1. The molecule has 0 radical (unpaired) electrons. The van der Waals surface area contributed by atoms with E-state index in [-0.39, 0.29) is 5.91 Å². The first kappa shape index (κ1) is 21.8. The lowest BCUT2D eigenvalue weighted by Crippen LogP contribution is -2.39. The van der Waals surface area contributed by atoms with E-state index in [1.165, 1.54) is 11.1 Å². The molecule has 1 amide bonds. The summed E-state index contributed by atoms with van der Waals surface area (Å²) in [4.78, 5) is 23.7. The highest BCUT2D eigenvalue weighted by Gasteiger charge is 2.24. The van der Waals surface area contributed by atoms with E-state index in [1.807, 2.05) is 35.4 Å². The second kappa shape index (κ2) is 9.74. The van der Waals surface area contributed by atoms with Gasteiger partial charge >= 0.3 is 0 Å². The van der Waals surface area contributed by atoms with Gasteiger partial charge in [0.1, 0.15) is 0 Å². The zero-order valence-electron chi connectivity index (χ0n) is 17.9. The fourth-order valence-electron chi connectivity index (χ4n) is 3.36. The van der Waals surface area contributed by atoms with Crippen molar-refractivity contribution in [2.24, 2.45) is 0 Å². The number of aromatic nitrogens is 1. The molecule has 2 aromatic carbocycles. The Morgan fingerprint density at radius 1 is 1.07 bits per heavy atom. The highest BCUT2D eigenvalue weighted by Crippen LogP contribution is 2.33. The van der Waals surface area contributed by atoms with Crippen LogP contribution in [0, 0.1) is 13.8 Å². The number of anilines is 1. The second-order valence-electron chi connectivity index (χ2n) is 7.03. The second-order valence-corrected chi connectivity index (χ2v) is 8.89. The molecule has 6 heteroatoms. The molecule has 0 spiro atoms. The first-order valence-corrected chi connectivity index (χ1v) is 12.1. The number of benzene rings is 2. The predicted molar refractivity (Wildman–Crippen MR) is 127 cm³/mol. The van der Waals surface area contributed by atoms with Crippen LogP contribution in [0.3, 0.4) is 0 Å². The largest absolute Gasteiger partial charge is 0.302 e. The lowest BCUT2D eigenvalue weighted by molar-refractivity contribution is 0.0981. The predicted octanol–water partition coefficient (Wildman–Crippen LogP) is 5.62. The smallest absolute Gasteiger partial charge is 0.261 e. The van der Waals surface area contributed by atoms with Crippen LogP contribution in [0.2, 0.25) is 0 Å². The molecular formula is C23H29N3OS2. The molecule has 0 aliphatic heterocycles. The molecule has 0 atom stereocenters. The summed E-state index contributed by atoms with van der Waals surface area (Å²) in [6.07, 6.45) is 2.01. The summed E-state index contributed by atoms with van der Waals surface area (Å²) in [6.45, 7) is 11.9. The van der Waals surface area contributed by atoms with Crippen LogP contribution in [0.1, 0.15) is 35.3 Å².